The van der Waals surface area contributed by atoms with Gasteiger partial charge in [0.15, 0.2) is 0 Å². The third-order valence-electron chi connectivity index (χ3n) is 2.86. The topological polar surface area (TPSA) is 35.8 Å². The number of nitrogens with one attached hydrogen (secondary N) is 1. The lowest BCUT2D eigenvalue weighted by atomic mass is 10.1. The first kappa shape index (κ1) is 15.6. The van der Waals surface area contributed by atoms with Crippen LogP contribution in [0.2, 0.25) is 0 Å². The smallest absolute Gasteiger partial charge is 0.381 e. The Balaban J connectivity index is 2.18. The largest absolute Gasteiger partial charge is 0.417 e. The van der Waals surface area contributed by atoms with E-state index in [0.29, 0.717) is 12.2 Å². The number of nitrogens with zero attached hydrogens (tertiary/aromatic N) is 1. The number of alkyl halides is 3. The van der Waals surface area contributed by atoms with Crippen molar-refractivity contribution in [2.24, 2.45) is 0 Å². The normalized spacial score (nSPS) is 11.0. The molecule has 0 saturated carbocycles. The van der Waals surface area contributed by atoms with Crippen molar-refractivity contribution in [2.45, 2.75) is 12.7 Å². The lowest BCUT2D eigenvalue weighted by Gasteiger charge is -2.12. The van der Waals surface area contributed by atoms with Gasteiger partial charge in [-0.1, -0.05) is 12.1 Å². The molecule has 0 amide bonds. The van der Waals surface area contributed by atoms with E-state index in [1.165, 1.54) is 12.1 Å². The molecule has 0 spiro atoms. The average Bonchev–Trinajstić information content (AvgIpc) is 2.45. The lowest BCUT2D eigenvalue weighted by Crippen LogP contribution is -2.09. The van der Waals surface area contributed by atoms with Gasteiger partial charge in [0.1, 0.15) is 0 Å². The van der Waals surface area contributed by atoms with Gasteiger partial charge >= 0.3 is 6.18 Å². The summed E-state index contributed by atoms with van der Waals surface area (Å²) in [6.07, 6.45) is -4.54. The molecule has 0 radical (unpaired) electrons. The fourth-order valence-electron chi connectivity index (χ4n) is 1.79. The van der Waals surface area contributed by atoms with Crippen LogP contribution < -0.4 is 5.32 Å². The van der Waals surface area contributed by atoms with Crippen molar-refractivity contribution in [1.29, 1.82) is 5.26 Å². The fourth-order valence-corrected chi connectivity index (χ4v) is 2.15. The lowest BCUT2D eigenvalue weighted by molar-refractivity contribution is -0.137. The minimum absolute atomic E-state index is 0.333. The first-order valence-electron chi connectivity index (χ1n) is 6.00. The summed E-state index contributed by atoms with van der Waals surface area (Å²) in [5.74, 6) is 0. The van der Waals surface area contributed by atoms with Crippen LogP contribution in [0, 0.1) is 14.9 Å². The van der Waals surface area contributed by atoms with Crippen molar-refractivity contribution in [2.75, 3.05) is 5.32 Å². The van der Waals surface area contributed by atoms with Crippen LogP contribution in [0.25, 0.3) is 0 Å². The van der Waals surface area contributed by atoms with Gasteiger partial charge in [-0.15, -0.1) is 0 Å². The minimum Gasteiger partial charge on any atom is -0.381 e. The molecule has 1 N–H and O–H groups in total. The Labute approximate surface area is 133 Å². The Morgan fingerprint density at radius 3 is 2.33 bits per heavy atom. The first-order valence-corrected chi connectivity index (χ1v) is 7.07. The molecule has 0 aliphatic rings. The van der Waals surface area contributed by atoms with Crippen LogP contribution in [0.1, 0.15) is 16.7 Å². The standard InChI is InChI=1S/C15H10F3IN2/c16-15(17,18)14-7-13(6-3-11(14)8-20)21-9-10-1-4-12(19)5-2-10/h1-7,21H,9H2. The van der Waals surface area contributed by atoms with Crippen LogP contribution in [-0.4, -0.2) is 0 Å². The number of rotatable bonds is 3. The van der Waals surface area contributed by atoms with Gasteiger partial charge in [-0.3, -0.25) is 0 Å². The van der Waals surface area contributed by atoms with E-state index >= 15 is 0 Å². The highest BCUT2D eigenvalue weighted by atomic mass is 127. The van der Waals surface area contributed by atoms with Crippen molar-refractivity contribution >= 4 is 28.3 Å². The van der Waals surface area contributed by atoms with Gasteiger partial charge < -0.3 is 5.32 Å². The van der Waals surface area contributed by atoms with Crippen LogP contribution in [0.3, 0.4) is 0 Å². The molecule has 0 heterocycles. The molecule has 2 aromatic carbocycles. The van der Waals surface area contributed by atoms with E-state index < -0.39 is 11.7 Å². The van der Waals surface area contributed by atoms with Gasteiger partial charge in [0.25, 0.3) is 0 Å². The van der Waals surface area contributed by atoms with Gasteiger partial charge in [-0.05, 0) is 58.5 Å². The maximum atomic E-state index is 12.8. The third kappa shape index (κ3) is 4.11. The van der Waals surface area contributed by atoms with Crippen LogP contribution >= 0.6 is 22.6 Å². The Bertz CT molecular complexity index is 673. The first-order chi connectivity index (χ1) is 9.90. The summed E-state index contributed by atoms with van der Waals surface area (Å²) in [5.41, 5.74) is 0.00753. The predicted molar refractivity (Wildman–Crippen MR) is 82.6 cm³/mol. The second-order valence-corrected chi connectivity index (χ2v) is 5.60. The Hall–Kier alpha value is -1.75. The molecule has 6 heteroatoms. The molecule has 2 rings (SSSR count). The maximum absolute atomic E-state index is 12.8. The van der Waals surface area contributed by atoms with Gasteiger partial charge in [0.2, 0.25) is 0 Å². The number of hydrogen-bond donors (Lipinski definition) is 1. The zero-order chi connectivity index (χ0) is 15.5. The molecule has 0 aromatic heterocycles. The van der Waals surface area contributed by atoms with E-state index in [9.17, 15) is 13.2 Å². The number of benzene rings is 2. The molecule has 21 heavy (non-hydrogen) atoms. The molecule has 0 unspecified atom stereocenters. The molecular formula is C15H10F3IN2. The molecule has 0 aliphatic heterocycles. The molecule has 0 saturated heterocycles. The highest BCUT2D eigenvalue weighted by molar-refractivity contribution is 14.1. The highest BCUT2D eigenvalue weighted by Crippen LogP contribution is 2.33. The summed E-state index contributed by atoms with van der Waals surface area (Å²) in [6.45, 7) is 0.417. The fraction of sp³-hybridized carbons (Fsp3) is 0.133. The summed E-state index contributed by atoms with van der Waals surface area (Å²) < 4.78 is 39.6. The number of hydrogen-bond acceptors (Lipinski definition) is 2. The summed E-state index contributed by atoms with van der Waals surface area (Å²) >= 11 is 2.18. The van der Waals surface area contributed by atoms with E-state index in [1.54, 1.807) is 6.07 Å². The zero-order valence-corrected chi connectivity index (χ0v) is 12.9. The number of halogens is 4. The molecule has 108 valence electrons. The summed E-state index contributed by atoms with van der Waals surface area (Å²) in [4.78, 5) is 0. The van der Waals surface area contributed by atoms with Crippen molar-refractivity contribution in [3.63, 3.8) is 0 Å². The summed E-state index contributed by atoms with van der Waals surface area (Å²) in [5, 5.41) is 11.7. The molecule has 0 atom stereocenters. The SMILES string of the molecule is N#Cc1ccc(NCc2ccc(I)cc2)cc1C(F)(F)F. The van der Waals surface area contributed by atoms with Gasteiger partial charge in [-0.25, -0.2) is 0 Å². The van der Waals surface area contributed by atoms with Crippen LogP contribution in [0.15, 0.2) is 42.5 Å². The third-order valence-corrected chi connectivity index (χ3v) is 3.57. The minimum atomic E-state index is -4.54. The van der Waals surface area contributed by atoms with E-state index in [1.807, 2.05) is 24.3 Å². The van der Waals surface area contributed by atoms with E-state index in [0.717, 1.165) is 15.2 Å². The predicted octanol–water partition coefficient (Wildman–Crippen LogP) is 4.79. The van der Waals surface area contributed by atoms with Crippen molar-refractivity contribution in [1.82, 2.24) is 0 Å². The van der Waals surface area contributed by atoms with Crippen molar-refractivity contribution in [3.05, 3.63) is 62.7 Å². The highest BCUT2D eigenvalue weighted by Gasteiger charge is 2.33. The second-order valence-electron chi connectivity index (χ2n) is 4.35. The van der Waals surface area contributed by atoms with Gasteiger partial charge in [-0.2, -0.15) is 18.4 Å². The van der Waals surface area contributed by atoms with Crippen LogP contribution in [0.5, 0.6) is 0 Å². The number of nitriles is 1. The molecule has 0 aliphatic carbocycles. The number of anilines is 1. The molecule has 2 aromatic rings. The quantitative estimate of drug-likeness (QED) is 0.750. The van der Waals surface area contributed by atoms with E-state index in [2.05, 4.69) is 27.9 Å². The second kappa shape index (κ2) is 6.35. The summed E-state index contributed by atoms with van der Waals surface area (Å²) in [7, 11) is 0. The van der Waals surface area contributed by atoms with Crippen LogP contribution in [0.4, 0.5) is 18.9 Å². The molecular weight excluding hydrogens is 392 g/mol. The Kier molecular flexibility index (Phi) is 4.73. The molecule has 0 bridgehead atoms. The monoisotopic (exact) mass is 402 g/mol. The maximum Gasteiger partial charge on any atom is 0.417 e. The van der Waals surface area contributed by atoms with E-state index in [4.69, 9.17) is 5.26 Å². The van der Waals surface area contributed by atoms with E-state index in [-0.39, 0.29) is 5.56 Å². The zero-order valence-electron chi connectivity index (χ0n) is 10.7. The Morgan fingerprint density at radius 2 is 1.76 bits per heavy atom. The van der Waals surface area contributed by atoms with Gasteiger partial charge in [0, 0.05) is 15.8 Å². The summed E-state index contributed by atoms with van der Waals surface area (Å²) in [6, 6.07) is 12.8. The van der Waals surface area contributed by atoms with Crippen molar-refractivity contribution in [3.8, 4) is 6.07 Å². The van der Waals surface area contributed by atoms with Crippen LogP contribution in [-0.2, 0) is 12.7 Å². The molecule has 0 fully saturated rings. The van der Waals surface area contributed by atoms with Crippen molar-refractivity contribution < 1.29 is 13.2 Å². The van der Waals surface area contributed by atoms with Gasteiger partial charge in [0.05, 0.1) is 17.2 Å². The Morgan fingerprint density at radius 1 is 1.10 bits per heavy atom. The average molecular weight is 402 g/mol. The molecule has 2 nitrogen and oxygen atoms in total.